The number of nitrogens with zero attached hydrogens (tertiary/aromatic N) is 2. The molecule has 25 heavy (non-hydrogen) atoms. The molecular formula is C16H12FN5O2S. The lowest BCUT2D eigenvalue weighted by Crippen LogP contribution is -2.42. The molecule has 0 aliphatic heterocycles. The van der Waals surface area contributed by atoms with Gasteiger partial charge in [0.1, 0.15) is 5.82 Å². The minimum Gasteiger partial charge on any atom is -0.382 e. The molecule has 126 valence electrons. The summed E-state index contributed by atoms with van der Waals surface area (Å²) in [6.07, 6.45) is 2.68. The molecule has 9 heteroatoms. The number of anilines is 1. The molecule has 0 fully saturated rings. The van der Waals surface area contributed by atoms with E-state index in [1.165, 1.54) is 35.9 Å². The van der Waals surface area contributed by atoms with Gasteiger partial charge in [0.25, 0.3) is 11.8 Å². The minimum atomic E-state index is -0.672. The van der Waals surface area contributed by atoms with Gasteiger partial charge in [-0.2, -0.15) is 0 Å². The van der Waals surface area contributed by atoms with Crippen molar-refractivity contribution < 1.29 is 14.0 Å². The number of benzene rings is 1. The molecule has 0 bridgehead atoms. The van der Waals surface area contributed by atoms with Gasteiger partial charge in [-0.25, -0.2) is 14.4 Å². The molecule has 0 saturated carbocycles. The first kappa shape index (κ1) is 16.5. The first-order chi connectivity index (χ1) is 12.0. The van der Waals surface area contributed by atoms with Gasteiger partial charge in [-0.05, 0) is 29.8 Å². The fraction of sp³-hybridized carbons (Fsp3) is 0. The summed E-state index contributed by atoms with van der Waals surface area (Å²) in [4.78, 5) is 32.8. The molecule has 0 atom stereocenters. The number of halogens is 1. The van der Waals surface area contributed by atoms with Crippen molar-refractivity contribution in [3.63, 3.8) is 0 Å². The van der Waals surface area contributed by atoms with Gasteiger partial charge in [0, 0.05) is 17.3 Å². The fourth-order valence-electron chi connectivity index (χ4n) is 1.99. The number of aromatic nitrogens is 2. The van der Waals surface area contributed by atoms with Gasteiger partial charge in [0.05, 0.1) is 4.88 Å². The Morgan fingerprint density at radius 1 is 0.960 bits per heavy atom. The number of hydrazine groups is 1. The van der Waals surface area contributed by atoms with Crippen LogP contribution in [0, 0.1) is 5.82 Å². The maximum atomic E-state index is 13.0. The summed E-state index contributed by atoms with van der Waals surface area (Å²) >= 11 is 1.21. The van der Waals surface area contributed by atoms with Crippen LogP contribution in [0.3, 0.4) is 0 Å². The maximum absolute atomic E-state index is 13.0. The number of carbonyl (C=O) groups is 2. The summed E-state index contributed by atoms with van der Waals surface area (Å²) in [5.41, 5.74) is 10.8. The summed E-state index contributed by atoms with van der Waals surface area (Å²) in [5.74, 6) is -1.53. The second-order valence-electron chi connectivity index (χ2n) is 4.87. The Balaban J connectivity index is 1.65. The molecule has 3 rings (SSSR count). The second-order valence-corrected chi connectivity index (χ2v) is 5.95. The smallest absolute Gasteiger partial charge is 0.292 e. The Kier molecular flexibility index (Phi) is 4.66. The quantitative estimate of drug-likeness (QED) is 0.621. The number of nitrogen functional groups attached to an aromatic ring is 1. The highest BCUT2D eigenvalue weighted by atomic mass is 32.1. The van der Waals surface area contributed by atoms with Crippen LogP contribution >= 0.6 is 11.3 Å². The summed E-state index contributed by atoms with van der Waals surface area (Å²) in [7, 11) is 0. The highest BCUT2D eigenvalue weighted by Crippen LogP contribution is 2.28. The van der Waals surface area contributed by atoms with Crippen LogP contribution in [0.25, 0.3) is 10.4 Å². The van der Waals surface area contributed by atoms with Gasteiger partial charge < -0.3 is 5.73 Å². The van der Waals surface area contributed by atoms with E-state index in [2.05, 4.69) is 20.8 Å². The molecule has 2 aromatic heterocycles. The third kappa shape index (κ3) is 3.78. The van der Waals surface area contributed by atoms with E-state index in [0.717, 1.165) is 10.4 Å². The van der Waals surface area contributed by atoms with E-state index in [0.29, 0.717) is 4.88 Å². The molecule has 2 heterocycles. The number of rotatable bonds is 3. The molecule has 2 amide bonds. The van der Waals surface area contributed by atoms with Crippen molar-refractivity contribution in [2.75, 3.05) is 5.73 Å². The van der Waals surface area contributed by atoms with Crippen molar-refractivity contribution in [1.82, 2.24) is 20.8 Å². The SMILES string of the molecule is Nc1nccnc1C(=O)NNC(=O)c1ccc(-c2ccc(F)cc2)s1. The number of nitrogens with one attached hydrogen (secondary N) is 2. The molecule has 7 nitrogen and oxygen atoms in total. The Labute approximate surface area is 145 Å². The van der Waals surface area contributed by atoms with Crippen molar-refractivity contribution in [2.45, 2.75) is 0 Å². The monoisotopic (exact) mass is 357 g/mol. The normalized spacial score (nSPS) is 10.3. The van der Waals surface area contributed by atoms with Crippen molar-refractivity contribution >= 4 is 29.0 Å². The van der Waals surface area contributed by atoms with E-state index >= 15 is 0 Å². The van der Waals surface area contributed by atoms with Crippen molar-refractivity contribution in [3.05, 3.63) is 65.2 Å². The number of carbonyl (C=O) groups excluding carboxylic acids is 2. The van der Waals surface area contributed by atoms with Crippen LogP contribution < -0.4 is 16.6 Å². The zero-order valence-electron chi connectivity index (χ0n) is 12.7. The molecular weight excluding hydrogens is 345 g/mol. The first-order valence-electron chi connectivity index (χ1n) is 7.07. The van der Waals surface area contributed by atoms with E-state index in [4.69, 9.17) is 5.73 Å². The minimum absolute atomic E-state index is 0.0380. The van der Waals surface area contributed by atoms with E-state index in [1.807, 2.05) is 0 Å². The predicted octanol–water partition coefficient (Wildman–Crippen LogP) is 2.00. The highest BCUT2D eigenvalue weighted by molar-refractivity contribution is 7.17. The molecule has 1 aromatic carbocycles. The van der Waals surface area contributed by atoms with Crippen molar-refractivity contribution in [3.8, 4) is 10.4 Å². The standard InChI is InChI=1S/C16H12FN5O2S/c17-10-3-1-9(2-4-10)11-5-6-12(25-11)15(23)21-22-16(24)13-14(18)20-8-7-19-13/h1-8H,(H2,18,20)(H,21,23)(H,22,24). The van der Waals surface area contributed by atoms with E-state index in [-0.39, 0.29) is 17.3 Å². The molecule has 0 aliphatic carbocycles. The van der Waals surface area contributed by atoms with Crippen LogP contribution in [0.15, 0.2) is 48.8 Å². The molecule has 0 spiro atoms. The lowest BCUT2D eigenvalue weighted by atomic mass is 10.2. The number of nitrogens with two attached hydrogens (primary N) is 1. The van der Waals surface area contributed by atoms with Crippen molar-refractivity contribution in [2.24, 2.45) is 0 Å². The second kappa shape index (κ2) is 7.05. The molecule has 3 aromatic rings. The fourth-order valence-corrected chi connectivity index (χ4v) is 2.89. The van der Waals surface area contributed by atoms with Crippen LogP contribution in [0.2, 0.25) is 0 Å². The average molecular weight is 357 g/mol. The Morgan fingerprint density at radius 3 is 2.36 bits per heavy atom. The van der Waals surface area contributed by atoms with Gasteiger partial charge in [-0.15, -0.1) is 11.3 Å². The van der Waals surface area contributed by atoms with Gasteiger partial charge in [-0.1, -0.05) is 12.1 Å². The average Bonchev–Trinajstić information content (AvgIpc) is 3.10. The van der Waals surface area contributed by atoms with Gasteiger partial charge in [0.2, 0.25) is 0 Å². The maximum Gasteiger partial charge on any atom is 0.292 e. The molecule has 0 unspecified atom stereocenters. The Hall–Kier alpha value is -3.33. The summed E-state index contributed by atoms with van der Waals surface area (Å²) in [6.45, 7) is 0. The third-order valence-electron chi connectivity index (χ3n) is 3.19. The lowest BCUT2D eigenvalue weighted by molar-refractivity contribution is 0.0846. The van der Waals surface area contributed by atoms with E-state index in [9.17, 15) is 14.0 Å². The largest absolute Gasteiger partial charge is 0.382 e. The van der Waals surface area contributed by atoms with Crippen molar-refractivity contribution in [1.29, 1.82) is 0 Å². The number of hydrogen-bond acceptors (Lipinski definition) is 6. The topological polar surface area (TPSA) is 110 Å². The highest BCUT2D eigenvalue weighted by Gasteiger charge is 2.15. The van der Waals surface area contributed by atoms with Crippen LogP contribution in [-0.2, 0) is 0 Å². The first-order valence-corrected chi connectivity index (χ1v) is 7.89. The third-order valence-corrected chi connectivity index (χ3v) is 4.32. The Bertz CT molecular complexity index is 926. The lowest BCUT2D eigenvalue weighted by Gasteiger charge is -2.06. The number of amides is 2. The predicted molar refractivity (Wildman–Crippen MR) is 91.1 cm³/mol. The van der Waals surface area contributed by atoms with Crippen LogP contribution in [0.4, 0.5) is 10.2 Å². The zero-order chi connectivity index (χ0) is 17.8. The van der Waals surface area contributed by atoms with E-state index in [1.54, 1.807) is 24.3 Å². The van der Waals surface area contributed by atoms with Crippen LogP contribution in [-0.4, -0.2) is 21.8 Å². The summed E-state index contributed by atoms with van der Waals surface area (Å²) < 4.78 is 13.0. The zero-order valence-corrected chi connectivity index (χ0v) is 13.5. The van der Waals surface area contributed by atoms with Crippen LogP contribution in [0.1, 0.15) is 20.2 Å². The summed E-state index contributed by atoms with van der Waals surface area (Å²) in [6, 6.07) is 9.31. The number of thiophene rings is 1. The van der Waals surface area contributed by atoms with E-state index < -0.39 is 11.8 Å². The van der Waals surface area contributed by atoms with Gasteiger partial charge in [0.15, 0.2) is 11.5 Å². The Morgan fingerprint density at radius 2 is 1.64 bits per heavy atom. The molecule has 4 N–H and O–H groups in total. The molecule has 0 aliphatic rings. The van der Waals surface area contributed by atoms with Gasteiger partial charge >= 0.3 is 0 Å². The van der Waals surface area contributed by atoms with Gasteiger partial charge in [-0.3, -0.25) is 20.4 Å². The molecule has 0 radical (unpaired) electrons. The summed E-state index contributed by atoms with van der Waals surface area (Å²) in [5, 5.41) is 0. The number of hydrogen-bond donors (Lipinski definition) is 3. The molecule has 0 saturated heterocycles. The van der Waals surface area contributed by atoms with Crippen LogP contribution in [0.5, 0.6) is 0 Å².